The lowest BCUT2D eigenvalue weighted by atomic mass is 10.2. The van der Waals surface area contributed by atoms with E-state index in [-0.39, 0.29) is 19.8 Å². The van der Waals surface area contributed by atoms with Crippen molar-refractivity contribution in [3.05, 3.63) is 29.8 Å². The molecule has 2 N–H and O–H groups in total. The standard InChI is InChI=1S/C12H18O4/c1-2-15-8-11(14)9-16-12-5-3-10(7-13)4-6-12/h3-6,11,13-14H,2,7-9H2,1H3. The van der Waals surface area contributed by atoms with Crippen LogP contribution >= 0.6 is 0 Å². The highest BCUT2D eigenvalue weighted by Gasteiger charge is 2.04. The third kappa shape index (κ3) is 4.61. The van der Waals surface area contributed by atoms with E-state index in [1.165, 1.54) is 0 Å². The summed E-state index contributed by atoms with van der Waals surface area (Å²) in [6.07, 6.45) is -0.613. The first-order chi connectivity index (χ1) is 7.76. The van der Waals surface area contributed by atoms with E-state index in [0.717, 1.165) is 5.56 Å². The van der Waals surface area contributed by atoms with Gasteiger partial charge >= 0.3 is 0 Å². The molecule has 1 unspecified atom stereocenters. The molecule has 0 bridgehead atoms. The monoisotopic (exact) mass is 226 g/mol. The van der Waals surface area contributed by atoms with E-state index in [9.17, 15) is 5.11 Å². The van der Waals surface area contributed by atoms with Crippen LogP contribution in [0.25, 0.3) is 0 Å². The van der Waals surface area contributed by atoms with Crippen molar-refractivity contribution in [2.45, 2.75) is 19.6 Å². The molecule has 4 heteroatoms. The Bertz CT molecular complexity index is 284. The Hall–Kier alpha value is -1.10. The average Bonchev–Trinajstić information content (AvgIpc) is 2.34. The lowest BCUT2D eigenvalue weighted by Crippen LogP contribution is -2.23. The van der Waals surface area contributed by atoms with Crippen molar-refractivity contribution < 1.29 is 19.7 Å². The van der Waals surface area contributed by atoms with Crippen LogP contribution in [0.2, 0.25) is 0 Å². The quantitative estimate of drug-likeness (QED) is 0.727. The molecule has 1 aromatic rings. The van der Waals surface area contributed by atoms with Gasteiger partial charge < -0.3 is 19.7 Å². The Morgan fingerprint density at radius 1 is 1.19 bits per heavy atom. The zero-order valence-electron chi connectivity index (χ0n) is 9.43. The second kappa shape index (κ2) is 7.22. The Labute approximate surface area is 95.4 Å². The second-order valence-corrected chi connectivity index (χ2v) is 3.43. The van der Waals surface area contributed by atoms with Crippen molar-refractivity contribution in [2.75, 3.05) is 19.8 Å². The second-order valence-electron chi connectivity index (χ2n) is 3.43. The molecule has 1 atom stereocenters. The molecule has 0 aliphatic rings. The SMILES string of the molecule is CCOCC(O)COc1ccc(CO)cc1. The highest BCUT2D eigenvalue weighted by molar-refractivity contribution is 5.26. The first-order valence-corrected chi connectivity index (χ1v) is 5.34. The maximum Gasteiger partial charge on any atom is 0.119 e. The predicted octanol–water partition coefficient (Wildman–Crippen LogP) is 0.955. The van der Waals surface area contributed by atoms with Gasteiger partial charge in [0.1, 0.15) is 18.5 Å². The van der Waals surface area contributed by atoms with E-state index < -0.39 is 6.10 Å². The van der Waals surface area contributed by atoms with Gasteiger partial charge in [0.15, 0.2) is 0 Å². The van der Waals surface area contributed by atoms with Crippen LogP contribution in [0.4, 0.5) is 0 Å². The maximum absolute atomic E-state index is 9.45. The molecule has 90 valence electrons. The maximum atomic E-state index is 9.45. The number of rotatable bonds is 7. The largest absolute Gasteiger partial charge is 0.491 e. The van der Waals surface area contributed by atoms with E-state index in [2.05, 4.69) is 0 Å². The fourth-order valence-corrected chi connectivity index (χ4v) is 1.19. The van der Waals surface area contributed by atoms with Gasteiger partial charge in [-0.3, -0.25) is 0 Å². The fraction of sp³-hybridized carbons (Fsp3) is 0.500. The zero-order valence-corrected chi connectivity index (χ0v) is 9.43. The summed E-state index contributed by atoms with van der Waals surface area (Å²) in [5, 5.41) is 18.3. The van der Waals surface area contributed by atoms with Crippen molar-refractivity contribution >= 4 is 0 Å². The minimum absolute atomic E-state index is 0.0211. The van der Waals surface area contributed by atoms with Crippen LogP contribution in [-0.4, -0.2) is 36.1 Å². The smallest absolute Gasteiger partial charge is 0.119 e. The summed E-state index contributed by atoms with van der Waals surface area (Å²) in [5.41, 5.74) is 0.835. The molecule has 0 saturated heterocycles. The summed E-state index contributed by atoms with van der Waals surface area (Å²) in [7, 11) is 0. The molecule has 0 fully saturated rings. The van der Waals surface area contributed by atoms with Crippen molar-refractivity contribution in [3.63, 3.8) is 0 Å². The summed E-state index contributed by atoms with van der Waals surface area (Å²) in [6.45, 7) is 2.97. The highest BCUT2D eigenvalue weighted by Crippen LogP contribution is 2.12. The van der Waals surface area contributed by atoms with Crippen molar-refractivity contribution in [3.8, 4) is 5.75 Å². The van der Waals surface area contributed by atoms with Crippen LogP contribution in [0.5, 0.6) is 5.75 Å². The van der Waals surface area contributed by atoms with Gasteiger partial charge in [-0.1, -0.05) is 12.1 Å². The number of aliphatic hydroxyl groups is 2. The molecule has 0 spiro atoms. The van der Waals surface area contributed by atoms with Gasteiger partial charge in [-0.15, -0.1) is 0 Å². The van der Waals surface area contributed by atoms with E-state index in [0.29, 0.717) is 12.4 Å². The van der Waals surface area contributed by atoms with Crippen LogP contribution in [0.3, 0.4) is 0 Å². The van der Waals surface area contributed by atoms with Crippen LogP contribution in [-0.2, 0) is 11.3 Å². The molecular weight excluding hydrogens is 208 g/mol. The molecule has 1 rings (SSSR count). The summed E-state index contributed by atoms with van der Waals surface area (Å²) in [6, 6.07) is 7.09. The summed E-state index contributed by atoms with van der Waals surface area (Å²) >= 11 is 0. The van der Waals surface area contributed by atoms with Gasteiger partial charge in [0, 0.05) is 6.61 Å². The van der Waals surface area contributed by atoms with Gasteiger partial charge in [-0.25, -0.2) is 0 Å². The number of hydrogen-bond donors (Lipinski definition) is 2. The molecule has 0 heterocycles. The molecule has 0 aromatic heterocycles. The molecule has 16 heavy (non-hydrogen) atoms. The lowest BCUT2D eigenvalue weighted by Gasteiger charge is -2.12. The minimum atomic E-state index is -0.613. The Morgan fingerprint density at radius 3 is 2.44 bits per heavy atom. The van der Waals surface area contributed by atoms with Gasteiger partial charge in [0.2, 0.25) is 0 Å². The third-order valence-electron chi connectivity index (χ3n) is 2.06. The Balaban J connectivity index is 2.30. The molecule has 0 aliphatic carbocycles. The number of benzene rings is 1. The lowest BCUT2D eigenvalue weighted by molar-refractivity contribution is 0.0164. The summed E-state index contributed by atoms with van der Waals surface area (Å²) < 4.78 is 10.4. The van der Waals surface area contributed by atoms with E-state index >= 15 is 0 Å². The third-order valence-corrected chi connectivity index (χ3v) is 2.06. The van der Waals surface area contributed by atoms with Crippen LogP contribution in [0.1, 0.15) is 12.5 Å². The first kappa shape index (κ1) is 13.0. The van der Waals surface area contributed by atoms with Crippen molar-refractivity contribution in [1.29, 1.82) is 0 Å². The summed E-state index contributed by atoms with van der Waals surface area (Å²) in [4.78, 5) is 0. The summed E-state index contributed by atoms with van der Waals surface area (Å²) in [5.74, 6) is 0.674. The minimum Gasteiger partial charge on any atom is -0.491 e. The Morgan fingerprint density at radius 2 is 1.88 bits per heavy atom. The number of hydrogen-bond acceptors (Lipinski definition) is 4. The van der Waals surface area contributed by atoms with Crippen LogP contribution in [0.15, 0.2) is 24.3 Å². The van der Waals surface area contributed by atoms with E-state index in [1.807, 2.05) is 6.92 Å². The first-order valence-electron chi connectivity index (χ1n) is 5.34. The van der Waals surface area contributed by atoms with Crippen molar-refractivity contribution in [2.24, 2.45) is 0 Å². The Kier molecular flexibility index (Phi) is 5.85. The van der Waals surface area contributed by atoms with Crippen molar-refractivity contribution in [1.82, 2.24) is 0 Å². The molecule has 0 saturated carbocycles. The zero-order chi connectivity index (χ0) is 11.8. The van der Waals surface area contributed by atoms with Crippen LogP contribution in [0, 0.1) is 0 Å². The van der Waals surface area contributed by atoms with Gasteiger partial charge in [-0.2, -0.15) is 0 Å². The van der Waals surface area contributed by atoms with Gasteiger partial charge in [0.25, 0.3) is 0 Å². The highest BCUT2D eigenvalue weighted by atomic mass is 16.5. The topological polar surface area (TPSA) is 58.9 Å². The molecular formula is C12H18O4. The fourth-order valence-electron chi connectivity index (χ4n) is 1.19. The average molecular weight is 226 g/mol. The van der Waals surface area contributed by atoms with E-state index in [4.69, 9.17) is 14.6 Å². The molecule has 0 radical (unpaired) electrons. The van der Waals surface area contributed by atoms with Crippen LogP contribution < -0.4 is 4.74 Å². The molecule has 0 aliphatic heterocycles. The predicted molar refractivity (Wildman–Crippen MR) is 60.4 cm³/mol. The van der Waals surface area contributed by atoms with Gasteiger partial charge in [0.05, 0.1) is 13.2 Å². The normalized spacial score (nSPS) is 12.4. The molecule has 0 amide bonds. The number of ether oxygens (including phenoxy) is 2. The van der Waals surface area contributed by atoms with Gasteiger partial charge in [-0.05, 0) is 24.6 Å². The number of aliphatic hydroxyl groups excluding tert-OH is 2. The molecule has 1 aromatic carbocycles. The van der Waals surface area contributed by atoms with E-state index in [1.54, 1.807) is 24.3 Å². The molecule has 4 nitrogen and oxygen atoms in total.